The number of fused-ring (bicyclic) bond motifs is 1. The van der Waals surface area contributed by atoms with Gasteiger partial charge in [-0.3, -0.25) is 4.79 Å². The van der Waals surface area contributed by atoms with Gasteiger partial charge in [0.05, 0.1) is 6.54 Å². The number of halogens is 1. The van der Waals surface area contributed by atoms with E-state index < -0.39 is 0 Å². The Hall–Kier alpha value is -1.92. The van der Waals surface area contributed by atoms with Crippen LogP contribution in [0.15, 0.2) is 24.3 Å². The lowest BCUT2D eigenvalue weighted by atomic mass is 10.1. The predicted molar refractivity (Wildman–Crippen MR) is 90.3 cm³/mol. The van der Waals surface area contributed by atoms with Crippen molar-refractivity contribution < 1.29 is 4.79 Å². The van der Waals surface area contributed by atoms with E-state index in [0.717, 1.165) is 43.0 Å². The number of aromatic nitrogens is 3. The van der Waals surface area contributed by atoms with Crippen molar-refractivity contribution in [1.82, 2.24) is 20.1 Å². The number of benzene rings is 1. The van der Waals surface area contributed by atoms with Crippen LogP contribution in [0.1, 0.15) is 46.8 Å². The van der Waals surface area contributed by atoms with Gasteiger partial charge in [-0.15, -0.1) is 22.6 Å². The van der Waals surface area contributed by atoms with Crippen molar-refractivity contribution in [1.29, 1.82) is 0 Å². The molecule has 0 spiro atoms. The fourth-order valence-corrected chi connectivity index (χ4v) is 2.73. The zero-order valence-corrected chi connectivity index (χ0v) is 13.8. The van der Waals surface area contributed by atoms with Crippen LogP contribution in [0.25, 0.3) is 0 Å². The molecular weight excluding hydrogens is 314 g/mol. The molecule has 0 radical (unpaired) electrons. The van der Waals surface area contributed by atoms with Gasteiger partial charge in [-0.05, 0) is 30.5 Å². The van der Waals surface area contributed by atoms with Crippen LogP contribution in [0, 0.1) is 0 Å². The maximum absolute atomic E-state index is 12.2. The summed E-state index contributed by atoms with van der Waals surface area (Å²) in [6, 6.07) is 7.33. The van der Waals surface area contributed by atoms with Crippen LogP contribution in [0.5, 0.6) is 0 Å². The minimum Gasteiger partial charge on any atom is -0.345 e. The highest BCUT2D eigenvalue weighted by Crippen LogP contribution is 2.14. The number of aryl methyl sites for hydroxylation is 1. The van der Waals surface area contributed by atoms with E-state index in [1.165, 1.54) is 6.42 Å². The van der Waals surface area contributed by atoms with E-state index in [1.54, 1.807) is 12.1 Å². The highest BCUT2D eigenvalue weighted by Gasteiger charge is 2.15. The normalized spacial score (nSPS) is 13.6. The molecule has 3 rings (SSSR count). The molecule has 1 aliphatic rings. The number of hydrogen-bond donors (Lipinski definition) is 2. The van der Waals surface area contributed by atoms with E-state index in [1.807, 2.05) is 12.1 Å². The van der Waals surface area contributed by atoms with Crippen LogP contribution in [0.4, 0.5) is 0 Å². The Morgan fingerprint density at radius 1 is 1.17 bits per heavy atom. The average Bonchev–Trinajstić information content (AvgIpc) is 2.79. The zero-order valence-electron chi connectivity index (χ0n) is 13.0. The predicted octanol–water partition coefficient (Wildman–Crippen LogP) is 1.81. The van der Waals surface area contributed by atoms with E-state index in [2.05, 4.69) is 20.1 Å². The van der Waals surface area contributed by atoms with Gasteiger partial charge in [-0.1, -0.05) is 18.6 Å². The maximum Gasteiger partial charge on any atom is 0.251 e. The van der Waals surface area contributed by atoms with Crippen LogP contribution in [0.3, 0.4) is 0 Å². The summed E-state index contributed by atoms with van der Waals surface area (Å²) in [4.78, 5) is 12.2. The third kappa shape index (κ3) is 4.09. The summed E-state index contributed by atoms with van der Waals surface area (Å²) in [7, 11) is 0. The fraction of sp³-hybridized carbons (Fsp3) is 0.438. The molecule has 1 amide bonds. The largest absolute Gasteiger partial charge is 0.345 e. The molecule has 1 aliphatic heterocycles. The van der Waals surface area contributed by atoms with Crippen LogP contribution in [0.2, 0.25) is 0 Å². The monoisotopic (exact) mass is 335 g/mol. The lowest BCUT2D eigenvalue weighted by molar-refractivity contribution is 0.0949. The van der Waals surface area contributed by atoms with E-state index in [-0.39, 0.29) is 18.3 Å². The minimum absolute atomic E-state index is 0. The fourth-order valence-electron chi connectivity index (χ4n) is 2.73. The number of nitrogens with one attached hydrogen (secondary N) is 1. The molecule has 1 aromatic carbocycles. The molecule has 0 fully saturated rings. The number of hydrogen-bond acceptors (Lipinski definition) is 4. The van der Waals surface area contributed by atoms with Gasteiger partial charge >= 0.3 is 0 Å². The van der Waals surface area contributed by atoms with Gasteiger partial charge in [0.25, 0.3) is 5.91 Å². The maximum atomic E-state index is 12.2. The van der Waals surface area contributed by atoms with Crippen molar-refractivity contribution in [3.05, 3.63) is 47.0 Å². The lowest BCUT2D eigenvalue weighted by Crippen LogP contribution is -2.25. The van der Waals surface area contributed by atoms with E-state index in [4.69, 9.17) is 5.73 Å². The molecule has 0 bridgehead atoms. The molecule has 0 saturated carbocycles. The third-order valence-corrected chi connectivity index (χ3v) is 4.04. The van der Waals surface area contributed by atoms with Crippen LogP contribution in [-0.4, -0.2) is 20.7 Å². The second-order valence-electron chi connectivity index (χ2n) is 5.58. The molecule has 3 N–H and O–H groups in total. The Bertz CT molecular complexity index is 653. The molecule has 124 valence electrons. The molecule has 0 aliphatic carbocycles. The van der Waals surface area contributed by atoms with Gasteiger partial charge in [0.2, 0.25) is 0 Å². The number of rotatable bonds is 4. The minimum atomic E-state index is -0.102. The number of carbonyl (C=O) groups is 1. The standard InChI is InChI=1S/C16H21N5O.ClH/c17-10-12-5-7-13(8-6-12)16(22)18-11-15-20-19-14-4-2-1-3-9-21(14)15;/h5-8H,1-4,9-11,17H2,(H,18,22);1H. The summed E-state index contributed by atoms with van der Waals surface area (Å²) in [5, 5.41) is 11.4. The van der Waals surface area contributed by atoms with E-state index in [0.29, 0.717) is 18.7 Å². The Balaban J connectivity index is 0.00000192. The van der Waals surface area contributed by atoms with Crippen molar-refractivity contribution >= 4 is 18.3 Å². The highest BCUT2D eigenvalue weighted by molar-refractivity contribution is 5.94. The summed E-state index contributed by atoms with van der Waals surface area (Å²) >= 11 is 0. The van der Waals surface area contributed by atoms with Crippen LogP contribution < -0.4 is 11.1 Å². The summed E-state index contributed by atoms with van der Waals surface area (Å²) in [5.41, 5.74) is 7.20. The summed E-state index contributed by atoms with van der Waals surface area (Å²) in [5.74, 6) is 1.77. The molecule has 7 heteroatoms. The first-order chi connectivity index (χ1) is 10.8. The smallest absolute Gasteiger partial charge is 0.251 e. The SMILES string of the molecule is Cl.NCc1ccc(C(=O)NCc2nnc3n2CCCCC3)cc1. The molecule has 6 nitrogen and oxygen atoms in total. The summed E-state index contributed by atoms with van der Waals surface area (Å²) < 4.78 is 2.14. The van der Waals surface area contributed by atoms with Crippen molar-refractivity contribution in [3.8, 4) is 0 Å². The van der Waals surface area contributed by atoms with Crippen molar-refractivity contribution in [2.75, 3.05) is 0 Å². The number of amides is 1. The second kappa shape index (κ2) is 8.08. The molecular formula is C16H22ClN5O. The molecule has 2 heterocycles. The van der Waals surface area contributed by atoms with Gasteiger partial charge in [0, 0.05) is 25.1 Å². The third-order valence-electron chi connectivity index (χ3n) is 4.04. The van der Waals surface area contributed by atoms with E-state index in [9.17, 15) is 4.79 Å². The molecule has 0 unspecified atom stereocenters. The number of nitrogens with two attached hydrogens (primary N) is 1. The first-order valence-electron chi connectivity index (χ1n) is 7.76. The number of nitrogens with zero attached hydrogens (tertiary/aromatic N) is 3. The molecule has 2 aromatic rings. The Kier molecular flexibility index (Phi) is 6.12. The quantitative estimate of drug-likeness (QED) is 0.892. The average molecular weight is 336 g/mol. The number of carbonyl (C=O) groups excluding carboxylic acids is 1. The molecule has 0 saturated heterocycles. The van der Waals surface area contributed by atoms with E-state index >= 15 is 0 Å². The molecule has 23 heavy (non-hydrogen) atoms. The first-order valence-corrected chi connectivity index (χ1v) is 7.76. The van der Waals surface area contributed by atoms with Gasteiger partial charge in [0.1, 0.15) is 5.82 Å². The van der Waals surface area contributed by atoms with Gasteiger partial charge in [0.15, 0.2) is 5.82 Å². The Labute approximate surface area is 141 Å². The molecule has 0 atom stereocenters. The highest BCUT2D eigenvalue weighted by atomic mass is 35.5. The zero-order chi connectivity index (χ0) is 15.4. The first kappa shape index (κ1) is 17.4. The topological polar surface area (TPSA) is 85.8 Å². The van der Waals surface area contributed by atoms with Crippen molar-refractivity contribution in [2.45, 2.75) is 45.3 Å². The van der Waals surface area contributed by atoms with Crippen LogP contribution in [-0.2, 0) is 26.1 Å². The summed E-state index contributed by atoms with van der Waals surface area (Å²) in [6.07, 6.45) is 4.51. The molecule has 1 aromatic heterocycles. The van der Waals surface area contributed by atoms with Crippen molar-refractivity contribution in [2.24, 2.45) is 5.73 Å². The van der Waals surface area contributed by atoms with Crippen LogP contribution >= 0.6 is 12.4 Å². The van der Waals surface area contributed by atoms with Gasteiger partial charge in [-0.25, -0.2) is 0 Å². The van der Waals surface area contributed by atoms with Crippen molar-refractivity contribution in [3.63, 3.8) is 0 Å². The Morgan fingerprint density at radius 3 is 2.70 bits per heavy atom. The van der Waals surface area contributed by atoms with Gasteiger partial charge in [-0.2, -0.15) is 0 Å². The Morgan fingerprint density at radius 2 is 1.96 bits per heavy atom. The lowest BCUT2D eigenvalue weighted by Gasteiger charge is -2.08. The van der Waals surface area contributed by atoms with Gasteiger partial charge < -0.3 is 15.6 Å². The second-order valence-corrected chi connectivity index (χ2v) is 5.58. The summed E-state index contributed by atoms with van der Waals surface area (Å²) in [6.45, 7) is 1.83.